The molecule has 94 valence electrons. The quantitative estimate of drug-likeness (QED) is 0.826. The molecule has 0 bridgehead atoms. The van der Waals surface area contributed by atoms with Gasteiger partial charge in [0.05, 0.1) is 0 Å². The van der Waals surface area contributed by atoms with Gasteiger partial charge in [0.25, 0.3) is 0 Å². The van der Waals surface area contributed by atoms with E-state index >= 15 is 0 Å². The minimum absolute atomic E-state index is 0.733. The van der Waals surface area contributed by atoms with Crippen molar-refractivity contribution in [1.29, 1.82) is 0 Å². The maximum Gasteiger partial charge on any atom is 0.0208 e. The van der Waals surface area contributed by atoms with E-state index in [1.807, 2.05) is 0 Å². The van der Waals surface area contributed by atoms with Crippen LogP contribution in [0.25, 0.3) is 0 Å². The molecule has 0 spiro atoms. The molecule has 0 amide bonds. The van der Waals surface area contributed by atoms with Crippen LogP contribution in [0.4, 0.5) is 0 Å². The minimum Gasteiger partial charge on any atom is -0.310 e. The Morgan fingerprint density at radius 1 is 1.18 bits per heavy atom. The van der Waals surface area contributed by atoms with Crippen LogP contribution in [0, 0.1) is 11.8 Å². The summed E-state index contributed by atoms with van der Waals surface area (Å²) in [7, 11) is 0. The third-order valence-electron chi connectivity index (χ3n) is 4.10. The Kier molecular flexibility index (Phi) is 4.61. The van der Waals surface area contributed by atoms with Gasteiger partial charge in [-0.2, -0.15) is 0 Å². The molecule has 1 aromatic rings. The molecule has 1 fully saturated rings. The van der Waals surface area contributed by atoms with Gasteiger partial charge >= 0.3 is 0 Å². The monoisotopic (exact) mass is 231 g/mol. The third-order valence-corrected chi connectivity index (χ3v) is 4.10. The van der Waals surface area contributed by atoms with Crippen molar-refractivity contribution >= 4 is 0 Å². The second-order valence-corrected chi connectivity index (χ2v) is 5.73. The van der Waals surface area contributed by atoms with Crippen LogP contribution in [-0.2, 0) is 6.54 Å². The lowest BCUT2D eigenvalue weighted by Gasteiger charge is -2.32. The van der Waals surface area contributed by atoms with E-state index in [0.717, 1.165) is 24.4 Å². The number of nitrogens with one attached hydrogen (secondary N) is 1. The van der Waals surface area contributed by atoms with Crippen LogP contribution in [0.3, 0.4) is 0 Å². The van der Waals surface area contributed by atoms with Gasteiger partial charge < -0.3 is 5.32 Å². The lowest BCUT2D eigenvalue weighted by Crippen LogP contribution is -2.35. The zero-order chi connectivity index (χ0) is 12.1. The molecule has 1 saturated carbocycles. The van der Waals surface area contributed by atoms with Crippen LogP contribution in [0.1, 0.15) is 45.1 Å². The van der Waals surface area contributed by atoms with Crippen molar-refractivity contribution in [1.82, 2.24) is 5.32 Å². The topological polar surface area (TPSA) is 12.0 Å². The molecular formula is C16H25N. The molecule has 0 aliphatic heterocycles. The highest BCUT2D eigenvalue weighted by molar-refractivity contribution is 5.14. The number of benzene rings is 1. The second-order valence-electron chi connectivity index (χ2n) is 5.73. The molecule has 1 heteroatoms. The predicted molar refractivity (Wildman–Crippen MR) is 73.9 cm³/mol. The summed E-state index contributed by atoms with van der Waals surface area (Å²) in [5.74, 6) is 1.77. The maximum absolute atomic E-state index is 3.72. The van der Waals surface area contributed by atoms with Gasteiger partial charge in [-0.05, 0) is 30.2 Å². The van der Waals surface area contributed by atoms with Gasteiger partial charge in [0.15, 0.2) is 0 Å². The van der Waals surface area contributed by atoms with E-state index in [1.54, 1.807) is 0 Å². The lowest BCUT2D eigenvalue weighted by molar-refractivity contribution is 0.231. The number of hydrogen-bond donors (Lipinski definition) is 1. The van der Waals surface area contributed by atoms with Crippen LogP contribution in [0.15, 0.2) is 30.3 Å². The summed E-state index contributed by atoms with van der Waals surface area (Å²) < 4.78 is 0. The standard InChI is InChI=1S/C16H25N/c1-13(2)15-9-6-10-16(11-15)17-12-14-7-4-3-5-8-14/h3-5,7-8,13,15-17H,6,9-12H2,1-2H3. The molecule has 2 atom stereocenters. The Morgan fingerprint density at radius 2 is 1.94 bits per heavy atom. The fourth-order valence-electron chi connectivity index (χ4n) is 2.88. The minimum atomic E-state index is 0.733. The van der Waals surface area contributed by atoms with Crippen molar-refractivity contribution in [2.24, 2.45) is 11.8 Å². The van der Waals surface area contributed by atoms with Gasteiger partial charge in [0.2, 0.25) is 0 Å². The Bertz CT molecular complexity index is 318. The van der Waals surface area contributed by atoms with Crippen molar-refractivity contribution in [2.75, 3.05) is 0 Å². The second kappa shape index (κ2) is 6.20. The summed E-state index contributed by atoms with van der Waals surface area (Å²) in [6.07, 6.45) is 5.55. The average molecular weight is 231 g/mol. The number of hydrogen-bond acceptors (Lipinski definition) is 1. The van der Waals surface area contributed by atoms with E-state index in [0.29, 0.717) is 0 Å². The van der Waals surface area contributed by atoms with E-state index in [-0.39, 0.29) is 0 Å². The highest BCUT2D eigenvalue weighted by Gasteiger charge is 2.23. The van der Waals surface area contributed by atoms with Gasteiger partial charge in [-0.15, -0.1) is 0 Å². The zero-order valence-electron chi connectivity index (χ0n) is 11.2. The first-order valence-electron chi connectivity index (χ1n) is 7.03. The van der Waals surface area contributed by atoms with Crippen LogP contribution in [0.5, 0.6) is 0 Å². The summed E-state index contributed by atoms with van der Waals surface area (Å²) >= 11 is 0. The molecule has 0 aromatic heterocycles. The van der Waals surface area contributed by atoms with Gasteiger partial charge in [-0.3, -0.25) is 0 Å². The molecule has 2 rings (SSSR count). The van der Waals surface area contributed by atoms with Gasteiger partial charge in [0.1, 0.15) is 0 Å². The Labute approximate surface area is 106 Å². The van der Waals surface area contributed by atoms with E-state index in [4.69, 9.17) is 0 Å². The first kappa shape index (κ1) is 12.6. The van der Waals surface area contributed by atoms with Crippen molar-refractivity contribution in [3.8, 4) is 0 Å². The molecule has 1 aromatic carbocycles. The van der Waals surface area contributed by atoms with Crippen molar-refractivity contribution in [3.05, 3.63) is 35.9 Å². The van der Waals surface area contributed by atoms with Gasteiger partial charge in [-0.1, -0.05) is 57.0 Å². The molecule has 0 heterocycles. The van der Waals surface area contributed by atoms with E-state index in [1.165, 1.54) is 31.2 Å². The molecule has 1 nitrogen and oxygen atoms in total. The maximum atomic E-state index is 3.72. The Balaban J connectivity index is 1.79. The summed E-state index contributed by atoms with van der Waals surface area (Å²) in [4.78, 5) is 0. The SMILES string of the molecule is CC(C)C1CCCC(NCc2ccccc2)C1. The van der Waals surface area contributed by atoms with Crippen LogP contribution < -0.4 is 5.32 Å². The zero-order valence-corrected chi connectivity index (χ0v) is 11.2. The Hall–Kier alpha value is -0.820. The highest BCUT2D eigenvalue weighted by Crippen LogP contribution is 2.29. The molecular weight excluding hydrogens is 206 g/mol. The van der Waals surface area contributed by atoms with E-state index in [9.17, 15) is 0 Å². The summed E-state index contributed by atoms with van der Waals surface area (Å²) in [5.41, 5.74) is 1.40. The van der Waals surface area contributed by atoms with Crippen molar-refractivity contribution < 1.29 is 0 Å². The van der Waals surface area contributed by atoms with Crippen LogP contribution >= 0.6 is 0 Å². The van der Waals surface area contributed by atoms with Crippen molar-refractivity contribution in [2.45, 2.75) is 52.1 Å². The molecule has 1 aliphatic rings. The number of rotatable bonds is 4. The smallest absolute Gasteiger partial charge is 0.0208 e. The normalized spacial score (nSPS) is 25.1. The van der Waals surface area contributed by atoms with E-state index < -0.39 is 0 Å². The molecule has 2 unspecified atom stereocenters. The van der Waals surface area contributed by atoms with E-state index in [2.05, 4.69) is 49.5 Å². The summed E-state index contributed by atoms with van der Waals surface area (Å²) in [6.45, 7) is 5.75. The average Bonchev–Trinajstić information content (AvgIpc) is 2.38. The fourth-order valence-corrected chi connectivity index (χ4v) is 2.88. The van der Waals surface area contributed by atoms with Gasteiger partial charge in [0, 0.05) is 12.6 Å². The summed E-state index contributed by atoms with van der Waals surface area (Å²) in [6, 6.07) is 11.5. The summed E-state index contributed by atoms with van der Waals surface area (Å²) in [5, 5.41) is 3.72. The largest absolute Gasteiger partial charge is 0.310 e. The molecule has 1 aliphatic carbocycles. The Morgan fingerprint density at radius 3 is 2.65 bits per heavy atom. The highest BCUT2D eigenvalue weighted by atomic mass is 14.9. The lowest BCUT2D eigenvalue weighted by atomic mass is 9.79. The molecule has 0 saturated heterocycles. The first-order chi connectivity index (χ1) is 8.25. The third kappa shape index (κ3) is 3.85. The first-order valence-corrected chi connectivity index (χ1v) is 7.03. The fraction of sp³-hybridized carbons (Fsp3) is 0.625. The molecule has 1 N–H and O–H groups in total. The predicted octanol–water partition coefficient (Wildman–Crippen LogP) is 3.99. The van der Waals surface area contributed by atoms with Crippen LogP contribution in [-0.4, -0.2) is 6.04 Å². The molecule has 0 radical (unpaired) electrons. The molecule has 17 heavy (non-hydrogen) atoms. The van der Waals surface area contributed by atoms with Gasteiger partial charge in [-0.25, -0.2) is 0 Å². The van der Waals surface area contributed by atoms with Crippen LogP contribution in [0.2, 0.25) is 0 Å². The van der Waals surface area contributed by atoms with Crippen molar-refractivity contribution in [3.63, 3.8) is 0 Å².